The van der Waals surface area contributed by atoms with E-state index < -0.39 is 18.0 Å². The first-order valence-electron chi connectivity index (χ1n) is 9.30. The molecule has 3 rings (SSSR count). The SMILES string of the molecule is COc1cccc(COC(C)C(=O)N2C[C@H](C(=O)O)[C@H](c3ccccc3)C2)c1. The van der Waals surface area contributed by atoms with E-state index in [1.165, 1.54) is 0 Å². The Labute approximate surface area is 164 Å². The maximum atomic E-state index is 12.8. The highest BCUT2D eigenvalue weighted by Crippen LogP contribution is 2.33. The average Bonchev–Trinajstić information content (AvgIpc) is 3.18. The van der Waals surface area contributed by atoms with E-state index in [0.717, 1.165) is 16.9 Å². The number of hydrogen-bond donors (Lipinski definition) is 1. The second-order valence-electron chi connectivity index (χ2n) is 7.01. The minimum atomic E-state index is -0.880. The monoisotopic (exact) mass is 383 g/mol. The zero-order chi connectivity index (χ0) is 20.1. The van der Waals surface area contributed by atoms with Crippen LogP contribution in [0.4, 0.5) is 0 Å². The Hall–Kier alpha value is -2.86. The molecule has 0 bridgehead atoms. The quantitative estimate of drug-likeness (QED) is 0.796. The summed E-state index contributed by atoms with van der Waals surface area (Å²) in [4.78, 5) is 26.1. The molecule has 1 heterocycles. The van der Waals surface area contributed by atoms with Gasteiger partial charge in [0.15, 0.2) is 0 Å². The number of ether oxygens (including phenoxy) is 2. The number of carboxylic acids is 1. The predicted octanol–water partition coefficient (Wildman–Crippen LogP) is 2.93. The second-order valence-corrected chi connectivity index (χ2v) is 7.01. The fourth-order valence-electron chi connectivity index (χ4n) is 3.58. The molecule has 1 unspecified atom stereocenters. The topological polar surface area (TPSA) is 76.1 Å². The number of hydrogen-bond acceptors (Lipinski definition) is 4. The molecular formula is C22H25NO5. The van der Waals surface area contributed by atoms with Gasteiger partial charge in [-0.25, -0.2) is 0 Å². The van der Waals surface area contributed by atoms with Gasteiger partial charge in [0.05, 0.1) is 19.6 Å². The summed E-state index contributed by atoms with van der Waals surface area (Å²) in [5.41, 5.74) is 1.85. The minimum Gasteiger partial charge on any atom is -0.497 e. The number of methoxy groups -OCH3 is 1. The molecule has 0 spiro atoms. The zero-order valence-electron chi connectivity index (χ0n) is 16.1. The van der Waals surface area contributed by atoms with Crippen LogP contribution in [0.1, 0.15) is 24.0 Å². The number of carbonyl (C=O) groups is 2. The van der Waals surface area contributed by atoms with Gasteiger partial charge >= 0.3 is 5.97 Å². The van der Waals surface area contributed by atoms with Crippen molar-refractivity contribution in [1.29, 1.82) is 0 Å². The number of carboxylic acid groups (broad SMARTS) is 1. The van der Waals surface area contributed by atoms with E-state index >= 15 is 0 Å². The number of benzene rings is 2. The van der Waals surface area contributed by atoms with Crippen LogP contribution < -0.4 is 4.74 Å². The molecule has 2 aromatic rings. The largest absolute Gasteiger partial charge is 0.497 e. The van der Waals surface area contributed by atoms with E-state index in [-0.39, 0.29) is 25.0 Å². The van der Waals surface area contributed by atoms with E-state index in [1.54, 1.807) is 18.9 Å². The summed E-state index contributed by atoms with van der Waals surface area (Å²) in [5, 5.41) is 9.60. The number of aliphatic carboxylic acids is 1. The number of carbonyl (C=O) groups excluding carboxylic acids is 1. The van der Waals surface area contributed by atoms with Gasteiger partial charge in [-0.05, 0) is 30.2 Å². The lowest BCUT2D eigenvalue weighted by Crippen LogP contribution is -2.38. The van der Waals surface area contributed by atoms with E-state index in [0.29, 0.717) is 6.54 Å². The van der Waals surface area contributed by atoms with Crippen LogP contribution >= 0.6 is 0 Å². The lowest BCUT2D eigenvalue weighted by molar-refractivity contribution is -0.144. The summed E-state index contributed by atoms with van der Waals surface area (Å²) in [7, 11) is 1.60. The highest BCUT2D eigenvalue weighted by molar-refractivity contribution is 5.82. The van der Waals surface area contributed by atoms with Crippen molar-refractivity contribution in [3.63, 3.8) is 0 Å². The van der Waals surface area contributed by atoms with Crippen molar-refractivity contribution >= 4 is 11.9 Å². The van der Waals surface area contributed by atoms with Gasteiger partial charge in [-0.1, -0.05) is 42.5 Å². The first-order chi connectivity index (χ1) is 13.5. The van der Waals surface area contributed by atoms with Crippen molar-refractivity contribution in [2.45, 2.75) is 25.6 Å². The highest BCUT2D eigenvalue weighted by Gasteiger charge is 2.41. The third kappa shape index (κ3) is 4.51. The highest BCUT2D eigenvalue weighted by atomic mass is 16.5. The van der Waals surface area contributed by atoms with Gasteiger partial charge in [0.25, 0.3) is 5.91 Å². The molecule has 0 saturated carbocycles. The Bertz CT molecular complexity index is 823. The van der Waals surface area contributed by atoms with Crippen LogP contribution in [0.5, 0.6) is 5.75 Å². The molecule has 6 nitrogen and oxygen atoms in total. The zero-order valence-corrected chi connectivity index (χ0v) is 16.1. The number of likely N-dealkylation sites (tertiary alicyclic amines) is 1. The Morgan fingerprint density at radius 2 is 1.89 bits per heavy atom. The molecule has 1 aliphatic heterocycles. The van der Waals surface area contributed by atoms with E-state index in [9.17, 15) is 14.7 Å². The van der Waals surface area contributed by atoms with E-state index in [2.05, 4.69) is 0 Å². The third-order valence-electron chi connectivity index (χ3n) is 5.16. The summed E-state index contributed by atoms with van der Waals surface area (Å²) in [5.74, 6) is -1.17. The van der Waals surface area contributed by atoms with Gasteiger partial charge in [-0.3, -0.25) is 9.59 Å². The molecule has 0 radical (unpaired) electrons. The maximum Gasteiger partial charge on any atom is 0.308 e. The van der Waals surface area contributed by atoms with Gasteiger partial charge < -0.3 is 19.5 Å². The molecule has 1 N–H and O–H groups in total. The minimum absolute atomic E-state index is 0.187. The molecule has 2 aromatic carbocycles. The molecule has 1 saturated heterocycles. The predicted molar refractivity (Wildman–Crippen MR) is 104 cm³/mol. The van der Waals surface area contributed by atoms with Crippen molar-refractivity contribution in [2.75, 3.05) is 20.2 Å². The molecule has 0 aliphatic carbocycles. The fourth-order valence-corrected chi connectivity index (χ4v) is 3.58. The Kier molecular flexibility index (Phi) is 6.31. The first kappa shape index (κ1) is 19.9. The normalized spacial score (nSPS) is 20.0. The van der Waals surface area contributed by atoms with Gasteiger partial charge in [0.1, 0.15) is 11.9 Å². The van der Waals surface area contributed by atoms with Crippen LogP contribution in [0.25, 0.3) is 0 Å². The van der Waals surface area contributed by atoms with Crippen LogP contribution in [0, 0.1) is 5.92 Å². The summed E-state index contributed by atoms with van der Waals surface area (Å²) in [6, 6.07) is 17.0. The van der Waals surface area contributed by atoms with Crippen LogP contribution in [0.15, 0.2) is 54.6 Å². The molecule has 1 aliphatic rings. The number of amides is 1. The Morgan fingerprint density at radius 1 is 1.14 bits per heavy atom. The number of rotatable bonds is 7. The molecule has 0 aromatic heterocycles. The van der Waals surface area contributed by atoms with Crippen molar-refractivity contribution in [3.8, 4) is 5.75 Å². The van der Waals surface area contributed by atoms with Gasteiger partial charge in [0.2, 0.25) is 0 Å². The second kappa shape index (κ2) is 8.89. The lowest BCUT2D eigenvalue weighted by Gasteiger charge is -2.21. The summed E-state index contributed by atoms with van der Waals surface area (Å²) < 4.78 is 10.9. The average molecular weight is 383 g/mol. The Morgan fingerprint density at radius 3 is 2.57 bits per heavy atom. The molecular weight excluding hydrogens is 358 g/mol. The standard InChI is InChI=1S/C22H25NO5/c1-15(28-14-16-7-6-10-18(11-16)27-2)21(24)23-12-19(20(13-23)22(25)26)17-8-4-3-5-9-17/h3-11,15,19-20H,12-14H2,1-2H3,(H,25,26)/t15?,19-,20-/m0/s1. The maximum absolute atomic E-state index is 12.8. The number of nitrogens with zero attached hydrogens (tertiary/aromatic N) is 1. The van der Waals surface area contributed by atoms with Gasteiger partial charge in [0, 0.05) is 19.0 Å². The van der Waals surface area contributed by atoms with E-state index in [4.69, 9.17) is 9.47 Å². The molecule has 3 atom stereocenters. The van der Waals surface area contributed by atoms with Gasteiger partial charge in [-0.15, -0.1) is 0 Å². The van der Waals surface area contributed by atoms with Crippen molar-refractivity contribution in [1.82, 2.24) is 4.90 Å². The van der Waals surface area contributed by atoms with Crippen molar-refractivity contribution in [2.24, 2.45) is 5.92 Å². The molecule has 28 heavy (non-hydrogen) atoms. The first-order valence-corrected chi connectivity index (χ1v) is 9.30. The lowest BCUT2D eigenvalue weighted by atomic mass is 9.89. The third-order valence-corrected chi connectivity index (χ3v) is 5.16. The van der Waals surface area contributed by atoms with Crippen molar-refractivity contribution in [3.05, 3.63) is 65.7 Å². The van der Waals surface area contributed by atoms with Crippen LogP contribution in [-0.4, -0.2) is 48.2 Å². The van der Waals surface area contributed by atoms with Crippen molar-refractivity contribution < 1.29 is 24.2 Å². The molecule has 1 amide bonds. The van der Waals surface area contributed by atoms with Crippen LogP contribution in [0.2, 0.25) is 0 Å². The smallest absolute Gasteiger partial charge is 0.308 e. The Balaban J connectivity index is 1.63. The molecule has 148 valence electrons. The fraction of sp³-hybridized carbons (Fsp3) is 0.364. The summed E-state index contributed by atoms with van der Waals surface area (Å²) in [6.07, 6.45) is -0.657. The van der Waals surface area contributed by atoms with E-state index in [1.807, 2.05) is 54.6 Å². The van der Waals surface area contributed by atoms with Gasteiger partial charge in [-0.2, -0.15) is 0 Å². The molecule has 1 fully saturated rings. The van der Waals surface area contributed by atoms with Crippen LogP contribution in [-0.2, 0) is 20.9 Å². The molecule has 6 heteroatoms. The summed E-state index contributed by atoms with van der Waals surface area (Å²) in [6.45, 7) is 2.56. The van der Waals surface area contributed by atoms with Crippen LogP contribution in [0.3, 0.4) is 0 Å². The summed E-state index contributed by atoms with van der Waals surface area (Å²) >= 11 is 0.